The molecule has 10 heteroatoms. The molecule has 2 aliphatic rings. The van der Waals surface area contributed by atoms with E-state index < -0.39 is 5.97 Å². The van der Waals surface area contributed by atoms with Gasteiger partial charge in [0, 0.05) is 56.3 Å². The van der Waals surface area contributed by atoms with Crippen molar-refractivity contribution in [3.63, 3.8) is 0 Å². The van der Waals surface area contributed by atoms with Crippen LogP contribution in [0, 0.1) is 5.92 Å². The summed E-state index contributed by atoms with van der Waals surface area (Å²) >= 11 is 0. The number of hydrogen-bond acceptors (Lipinski definition) is 7. The Morgan fingerprint density at radius 2 is 1.86 bits per heavy atom. The first-order chi connectivity index (χ1) is 16.8. The lowest BCUT2D eigenvalue weighted by molar-refractivity contribution is -0.123. The predicted octanol–water partition coefficient (Wildman–Crippen LogP) is 1.47. The van der Waals surface area contributed by atoms with Crippen LogP contribution >= 0.6 is 0 Å². The highest BCUT2D eigenvalue weighted by atomic mass is 16.4. The highest BCUT2D eigenvalue weighted by Gasteiger charge is 2.26. The summed E-state index contributed by atoms with van der Waals surface area (Å²) in [6.45, 7) is 4.45. The lowest BCUT2D eigenvalue weighted by Gasteiger charge is -2.35. The summed E-state index contributed by atoms with van der Waals surface area (Å²) in [5, 5.41) is 16.2. The fraction of sp³-hybridized carbons (Fsp3) is 0.520. The second-order valence-electron chi connectivity index (χ2n) is 9.60. The van der Waals surface area contributed by atoms with Gasteiger partial charge in [0.2, 0.25) is 11.8 Å². The van der Waals surface area contributed by atoms with Crippen LogP contribution in [0.2, 0.25) is 0 Å². The van der Waals surface area contributed by atoms with Crippen LogP contribution in [0.1, 0.15) is 29.6 Å². The molecule has 1 aromatic heterocycles. The summed E-state index contributed by atoms with van der Waals surface area (Å²) in [5.41, 5.74) is 1.32. The van der Waals surface area contributed by atoms with E-state index >= 15 is 0 Å². The molecule has 35 heavy (non-hydrogen) atoms. The van der Waals surface area contributed by atoms with Gasteiger partial charge in [0.1, 0.15) is 5.82 Å². The maximum absolute atomic E-state index is 12.3. The minimum Gasteiger partial charge on any atom is -0.478 e. The van der Waals surface area contributed by atoms with Crippen LogP contribution in [0.4, 0.5) is 11.5 Å². The Kier molecular flexibility index (Phi) is 7.82. The number of carbonyl (C=O) groups excluding carboxylic acids is 2. The molecule has 4 rings (SSSR count). The number of carboxylic acid groups (broad SMARTS) is 1. The van der Waals surface area contributed by atoms with E-state index in [1.807, 2.05) is 19.0 Å². The maximum atomic E-state index is 12.3. The van der Waals surface area contributed by atoms with E-state index in [0.717, 1.165) is 25.8 Å². The standard InChI is InChI=1S/C25H34N6O4/c1-29(2)9-8-26-23(32)16-30-10-12-31(13-11-30)22-15-20(25(34)35)19-14-18(6-7-21(19)28-22)27-24(33)17-4-3-5-17/h6-7,14-15,17H,3-5,8-13,16H2,1-2H3,(H,26,32)(H,27,33)(H,34,35). The largest absolute Gasteiger partial charge is 0.478 e. The Hall–Kier alpha value is -3.24. The van der Waals surface area contributed by atoms with Crippen molar-refractivity contribution < 1.29 is 19.5 Å². The fourth-order valence-corrected chi connectivity index (χ4v) is 4.36. The minimum atomic E-state index is -1.03. The molecule has 2 amide bonds. The van der Waals surface area contributed by atoms with Gasteiger partial charge in [-0.2, -0.15) is 0 Å². The van der Waals surface area contributed by atoms with Crippen LogP contribution in [0.3, 0.4) is 0 Å². The molecule has 3 N–H and O–H groups in total. The predicted molar refractivity (Wildman–Crippen MR) is 135 cm³/mol. The molecule has 0 radical (unpaired) electrons. The van der Waals surface area contributed by atoms with Crippen molar-refractivity contribution in [2.24, 2.45) is 5.92 Å². The number of nitrogens with one attached hydrogen (secondary N) is 2. The summed E-state index contributed by atoms with van der Waals surface area (Å²) in [7, 11) is 3.93. The molecule has 2 heterocycles. The van der Waals surface area contributed by atoms with Crippen molar-refractivity contribution in [3.8, 4) is 0 Å². The first kappa shape index (κ1) is 24.9. The molecule has 2 aromatic rings. The number of hydrogen-bond donors (Lipinski definition) is 3. The molecule has 0 spiro atoms. The highest BCUT2D eigenvalue weighted by molar-refractivity contribution is 6.05. The highest BCUT2D eigenvalue weighted by Crippen LogP contribution is 2.30. The number of likely N-dealkylation sites (N-methyl/N-ethyl adjacent to an activating group) is 1. The molecule has 2 fully saturated rings. The lowest BCUT2D eigenvalue weighted by atomic mass is 9.85. The third kappa shape index (κ3) is 6.26. The average molecular weight is 483 g/mol. The number of aromatic carboxylic acids is 1. The number of carbonyl (C=O) groups is 3. The molecule has 0 unspecified atom stereocenters. The van der Waals surface area contributed by atoms with Crippen molar-refractivity contribution in [2.45, 2.75) is 19.3 Å². The lowest BCUT2D eigenvalue weighted by Crippen LogP contribution is -2.50. The van der Waals surface area contributed by atoms with Crippen LogP contribution in [0.5, 0.6) is 0 Å². The molecule has 1 aliphatic heterocycles. The first-order valence-electron chi connectivity index (χ1n) is 12.2. The third-order valence-electron chi connectivity index (χ3n) is 6.71. The zero-order valence-electron chi connectivity index (χ0n) is 20.4. The number of carboxylic acids is 1. The zero-order chi connectivity index (χ0) is 24.9. The number of benzene rings is 1. The number of piperazine rings is 1. The number of amides is 2. The Labute approximate surface area is 205 Å². The van der Waals surface area contributed by atoms with E-state index in [4.69, 9.17) is 4.98 Å². The zero-order valence-corrected chi connectivity index (χ0v) is 20.4. The van der Waals surface area contributed by atoms with Gasteiger partial charge in [-0.15, -0.1) is 0 Å². The van der Waals surface area contributed by atoms with Gasteiger partial charge in [-0.1, -0.05) is 6.42 Å². The van der Waals surface area contributed by atoms with Crippen molar-refractivity contribution >= 4 is 40.2 Å². The topological polar surface area (TPSA) is 118 Å². The van der Waals surface area contributed by atoms with E-state index in [1.165, 1.54) is 0 Å². The fourth-order valence-electron chi connectivity index (χ4n) is 4.36. The van der Waals surface area contributed by atoms with Crippen molar-refractivity contribution in [2.75, 3.05) is 70.1 Å². The van der Waals surface area contributed by atoms with Gasteiger partial charge < -0.3 is 25.5 Å². The minimum absolute atomic E-state index is 0.0116. The van der Waals surface area contributed by atoms with Gasteiger partial charge in [0.05, 0.1) is 17.6 Å². The van der Waals surface area contributed by atoms with Crippen LogP contribution in [-0.2, 0) is 9.59 Å². The van der Waals surface area contributed by atoms with Crippen LogP contribution < -0.4 is 15.5 Å². The van der Waals surface area contributed by atoms with E-state index in [2.05, 4.69) is 20.4 Å². The summed E-state index contributed by atoms with van der Waals surface area (Å²) in [6, 6.07) is 6.83. The van der Waals surface area contributed by atoms with E-state index in [9.17, 15) is 19.5 Å². The average Bonchev–Trinajstić information content (AvgIpc) is 2.77. The van der Waals surface area contributed by atoms with Crippen LogP contribution in [0.25, 0.3) is 10.9 Å². The number of aromatic nitrogens is 1. The second-order valence-corrected chi connectivity index (χ2v) is 9.60. The van der Waals surface area contributed by atoms with E-state index in [0.29, 0.717) is 61.7 Å². The molecule has 1 aromatic carbocycles. The number of fused-ring (bicyclic) bond motifs is 1. The number of pyridine rings is 1. The monoisotopic (exact) mass is 482 g/mol. The first-order valence-corrected chi connectivity index (χ1v) is 12.2. The molecular weight excluding hydrogens is 448 g/mol. The smallest absolute Gasteiger partial charge is 0.336 e. The Balaban J connectivity index is 1.41. The Morgan fingerprint density at radius 3 is 2.49 bits per heavy atom. The molecule has 1 aliphatic carbocycles. The quantitative estimate of drug-likeness (QED) is 0.492. The molecule has 10 nitrogen and oxygen atoms in total. The van der Waals surface area contributed by atoms with Gasteiger partial charge >= 0.3 is 5.97 Å². The summed E-state index contributed by atoms with van der Waals surface area (Å²) in [4.78, 5) is 47.4. The molecule has 1 saturated heterocycles. The summed E-state index contributed by atoms with van der Waals surface area (Å²) in [6.07, 6.45) is 2.88. The maximum Gasteiger partial charge on any atom is 0.336 e. The van der Waals surface area contributed by atoms with Gasteiger partial charge in [-0.05, 0) is 51.2 Å². The molecular formula is C25H34N6O4. The normalized spacial score (nSPS) is 16.8. The number of anilines is 2. The van der Waals surface area contributed by atoms with Crippen molar-refractivity contribution in [1.29, 1.82) is 0 Å². The number of rotatable bonds is 9. The van der Waals surface area contributed by atoms with E-state index in [-0.39, 0.29) is 23.3 Å². The van der Waals surface area contributed by atoms with Gasteiger partial charge in [-0.3, -0.25) is 14.5 Å². The third-order valence-corrected chi connectivity index (χ3v) is 6.71. The van der Waals surface area contributed by atoms with Gasteiger partial charge in [0.15, 0.2) is 0 Å². The SMILES string of the molecule is CN(C)CCNC(=O)CN1CCN(c2cc(C(=O)O)c3cc(NC(=O)C4CCC4)ccc3n2)CC1. The van der Waals surface area contributed by atoms with E-state index in [1.54, 1.807) is 24.3 Å². The van der Waals surface area contributed by atoms with Crippen LogP contribution in [-0.4, -0.2) is 97.6 Å². The summed E-state index contributed by atoms with van der Waals surface area (Å²) in [5.74, 6) is -0.378. The van der Waals surface area contributed by atoms with Crippen LogP contribution in [0.15, 0.2) is 24.3 Å². The van der Waals surface area contributed by atoms with Crippen molar-refractivity contribution in [1.82, 2.24) is 20.1 Å². The van der Waals surface area contributed by atoms with Gasteiger partial charge in [0.25, 0.3) is 0 Å². The summed E-state index contributed by atoms with van der Waals surface area (Å²) < 4.78 is 0. The van der Waals surface area contributed by atoms with Crippen molar-refractivity contribution in [3.05, 3.63) is 29.8 Å². The molecule has 1 saturated carbocycles. The molecule has 188 valence electrons. The number of nitrogens with zero attached hydrogens (tertiary/aromatic N) is 4. The Morgan fingerprint density at radius 1 is 1.11 bits per heavy atom. The second kappa shape index (κ2) is 11.0. The van der Waals surface area contributed by atoms with Gasteiger partial charge in [-0.25, -0.2) is 9.78 Å². The molecule has 0 atom stereocenters. The molecule has 0 bridgehead atoms. The Bertz CT molecular complexity index is 1090.